The Balaban J connectivity index is 3.00. The minimum Gasteiger partial charge on any atom is -0.387 e. The number of aromatic nitrogens is 1. The van der Waals surface area contributed by atoms with E-state index in [0.29, 0.717) is 4.47 Å². The third kappa shape index (κ3) is 2.47. The standard InChI is InChI=1S/C8H6BrFN2O/c9-5-3-6(7(13)1-2-11)8(10)12-4-5/h3-4,7,13H,1H2. The smallest absolute Gasteiger partial charge is 0.218 e. The fourth-order valence-electron chi connectivity index (χ4n) is 0.868. The fourth-order valence-corrected chi connectivity index (χ4v) is 1.22. The van der Waals surface area contributed by atoms with E-state index < -0.39 is 12.1 Å². The molecule has 0 aliphatic heterocycles. The maximum absolute atomic E-state index is 12.9. The Morgan fingerprint density at radius 3 is 3.08 bits per heavy atom. The zero-order valence-corrected chi connectivity index (χ0v) is 8.12. The van der Waals surface area contributed by atoms with Gasteiger partial charge in [0.15, 0.2) is 0 Å². The van der Waals surface area contributed by atoms with Crippen molar-refractivity contribution in [3.8, 4) is 6.07 Å². The Labute approximate surface area is 83.0 Å². The summed E-state index contributed by atoms with van der Waals surface area (Å²) in [7, 11) is 0. The molecule has 1 aromatic rings. The number of pyridine rings is 1. The van der Waals surface area contributed by atoms with Gasteiger partial charge in [-0.05, 0) is 22.0 Å². The summed E-state index contributed by atoms with van der Waals surface area (Å²) < 4.78 is 13.5. The van der Waals surface area contributed by atoms with Crippen LogP contribution in [0.3, 0.4) is 0 Å². The van der Waals surface area contributed by atoms with Gasteiger partial charge in [-0.1, -0.05) is 0 Å². The lowest BCUT2D eigenvalue weighted by Gasteiger charge is -2.06. The van der Waals surface area contributed by atoms with Crippen LogP contribution in [0.15, 0.2) is 16.7 Å². The Kier molecular flexibility index (Phi) is 3.34. The number of halogens is 2. The molecule has 0 aromatic carbocycles. The van der Waals surface area contributed by atoms with Crippen LogP contribution >= 0.6 is 15.9 Å². The summed E-state index contributed by atoms with van der Waals surface area (Å²) in [5.74, 6) is -0.744. The molecular weight excluding hydrogens is 239 g/mol. The third-order valence-corrected chi connectivity index (χ3v) is 1.91. The monoisotopic (exact) mass is 244 g/mol. The molecule has 1 heterocycles. The van der Waals surface area contributed by atoms with Gasteiger partial charge in [0, 0.05) is 16.2 Å². The number of hydrogen-bond acceptors (Lipinski definition) is 3. The van der Waals surface area contributed by atoms with E-state index in [-0.39, 0.29) is 12.0 Å². The molecule has 5 heteroatoms. The van der Waals surface area contributed by atoms with Crippen molar-refractivity contribution in [2.45, 2.75) is 12.5 Å². The lowest BCUT2D eigenvalue weighted by Crippen LogP contribution is -2.01. The molecule has 3 nitrogen and oxygen atoms in total. The van der Waals surface area contributed by atoms with Crippen molar-refractivity contribution in [1.82, 2.24) is 4.98 Å². The van der Waals surface area contributed by atoms with Crippen molar-refractivity contribution in [3.63, 3.8) is 0 Å². The highest BCUT2D eigenvalue weighted by Crippen LogP contribution is 2.21. The van der Waals surface area contributed by atoms with Crippen molar-refractivity contribution in [1.29, 1.82) is 5.26 Å². The second-order valence-corrected chi connectivity index (χ2v) is 3.33. The summed E-state index contributed by atoms with van der Waals surface area (Å²) >= 11 is 3.09. The van der Waals surface area contributed by atoms with Crippen molar-refractivity contribution in [3.05, 3.63) is 28.2 Å². The molecule has 1 unspecified atom stereocenters. The summed E-state index contributed by atoms with van der Waals surface area (Å²) in [4.78, 5) is 3.40. The van der Waals surface area contributed by atoms with Crippen LogP contribution in [0, 0.1) is 17.3 Å². The zero-order valence-electron chi connectivity index (χ0n) is 6.54. The van der Waals surface area contributed by atoms with E-state index in [0.717, 1.165) is 0 Å². The minimum atomic E-state index is -1.12. The minimum absolute atomic E-state index is 0.0379. The van der Waals surface area contributed by atoms with Crippen LogP contribution in [0.5, 0.6) is 0 Å². The van der Waals surface area contributed by atoms with Gasteiger partial charge in [0.25, 0.3) is 0 Å². The third-order valence-electron chi connectivity index (χ3n) is 1.48. The molecule has 1 atom stereocenters. The molecule has 68 valence electrons. The van der Waals surface area contributed by atoms with Crippen molar-refractivity contribution in [2.24, 2.45) is 0 Å². The Hall–Kier alpha value is -0.990. The summed E-state index contributed by atoms with van der Waals surface area (Å²) in [5.41, 5.74) is 0.0379. The summed E-state index contributed by atoms with van der Waals surface area (Å²) in [6.45, 7) is 0. The molecule has 1 aromatic heterocycles. The van der Waals surface area contributed by atoms with Gasteiger partial charge in [-0.2, -0.15) is 9.65 Å². The van der Waals surface area contributed by atoms with Crippen LogP contribution in [-0.4, -0.2) is 10.1 Å². The first kappa shape index (κ1) is 10.1. The van der Waals surface area contributed by atoms with Crippen molar-refractivity contribution in [2.75, 3.05) is 0 Å². The maximum Gasteiger partial charge on any atom is 0.218 e. The average molecular weight is 245 g/mol. The number of nitriles is 1. The van der Waals surface area contributed by atoms with E-state index in [4.69, 9.17) is 5.26 Å². The van der Waals surface area contributed by atoms with Crippen LogP contribution in [-0.2, 0) is 0 Å². The molecule has 1 N–H and O–H groups in total. The molecule has 0 bridgehead atoms. The fraction of sp³-hybridized carbons (Fsp3) is 0.250. The Morgan fingerprint density at radius 1 is 1.77 bits per heavy atom. The highest BCUT2D eigenvalue weighted by Gasteiger charge is 2.13. The first-order valence-electron chi connectivity index (χ1n) is 3.51. The number of aliphatic hydroxyl groups is 1. The van der Waals surface area contributed by atoms with Gasteiger partial charge in [0.1, 0.15) is 0 Å². The number of rotatable bonds is 2. The second kappa shape index (κ2) is 4.30. The van der Waals surface area contributed by atoms with Gasteiger partial charge in [0.05, 0.1) is 18.6 Å². The van der Waals surface area contributed by atoms with Crippen molar-refractivity contribution < 1.29 is 9.50 Å². The van der Waals surface area contributed by atoms with Crippen LogP contribution in [0.2, 0.25) is 0 Å². The van der Waals surface area contributed by atoms with Crippen LogP contribution < -0.4 is 0 Å². The number of aliphatic hydroxyl groups excluding tert-OH is 1. The zero-order chi connectivity index (χ0) is 9.84. The maximum atomic E-state index is 12.9. The predicted octanol–water partition coefficient (Wildman–Crippen LogP) is 1.93. The van der Waals surface area contributed by atoms with Crippen molar-refractivity contribution >= 4 is 15.9 Å². The molecule has 0 amide bonds. The molecule has 1 rings (SSSR count). The van der Waals surface area contributed by atoms with Gasteiger partial charge in [0.2, 0.25) is 5.95 Å². The van der Waals surface area contributed by atoms with Crippen LogP contribution in [0.25, 0.3) is 0 Å². The molecule has 0 aliphatic carbocycles. The highest BCUT2D eigenvalue weighted by atomic mass is 79.9. The molecule has 0 fully saturated rings. The largest absolute Gasteiger partial charge is 0.387 e. The molecule has 13 heavy (non-hydrogen) atoms. The number of hydrogen-bond donors (Lipinski definition) is 1. The van der Waals surface area contributed by atoms with Gasteiger partial charge in [-0.3, -0.25) is 0 Å². The second-order valence-electron chi connectivity index (χ2n) is 2.41. The van der Waals surface area contributed by atoms with Gasteiger partial charge >= 0.3 is 0 Å². The topological polar surface area (TPSA) is 56.9 Å². The average Bonchev–Trinajstić information content (AvgIpc) is 2.09. The first-order chi connectivity index (χ1) is 6.15. The van der Waals surface area contributed by atoms with Gasteiger partial charge < -0.3 is 5.11 Å². The SMILES string of the molecule is N#CCC(O)c1cc(Br)cnc1F. The lowest BCUT2D eigenvalue weighted by molar-refractivity contribution is 0.177. The van der Waals surface area contributed by atoms with E-state index in [1.165, 1.54) is 12.3 Å². The molecule has 0 aliphatic rings. The molecule has 0 saturated heterocycles. The molecule has 0 saturated carbocycles. The number of nitrogens with zero attached hydrogens (tertiary/aromatic N) is 2. The van der Waals surface area contributed by atoms with E-state index in [9.17, 15) is 9.50 Å². The molecule has 0 spiro atoms. The molecular formula is C8H6BrFN2O. The van der Waals surface area contributed by atoms with Crippen LogP contribution in [0.1, 0.15) is 18.1 Å². The summed E-state index contributed by atoms with van der Waals surface area (Å²) in [6, 6.07) is 3.16. The summed E-state index contributed by atoms with van der Waals surface area (Å²) in [6.07, 6.45) is 0.0301. The lowest BCUT2D eigenvalue weighted by atomic mass is 10.1. The van der Waals surface area contributed by atoms with Crippen LogP contribution in [0.4, 0.5) is 4.39 Å². The Morgan fingerprint density at radius 2 is 2.46 bits per heavy atom. The van der Waals surface area contributed by atoms with E-state index in [1.54, 1.807) is 6.07 Å². The normalized spacial score (nSPS) is 12.2. The predicted molar refractivity (Wildman–Crippen MR) is 47.1 cm³/mol. The van der Waals surface area contributed by atoms with E-state index in [1.807, 2.05) is 0 Å². The highest BCUT2D eigenvalue weighted by molar-refractivity contribution is 9.10. The molecule has 0 radical (unpaired) electrons. The van der Waals surface area contributed by atoms with E-state index >= 15 is 0 Å². The van der Waals surface area contributed by atoms with Gasteiger partial charge in [-0.15, -0.1) is 0 Å². The quantitative estimate of drug-likeness (QED) is 0.810. The van der Waals surface area contributed by atoms with E-state index in [2.05, 4.69) is 20.9 Å². The summed E-state index contributed by atoms with van der Waals surface area (Å²) in [5, 5.41) is 17.6. The first-order valence-corrected chi connectivity index (χ1v) is 4.30. The van der Waals surface area contributed by atoms with Gasteiger partial charge in [-0.25, -0.2) is 4.98 Å². The Bertz CT molecular complexity index is 350.